The highest BCUT2D eigenvalue weighted by atomic mass is 16.3. The Bertz CT molecular complexity index is 4450. The minimum absolute atomic E-state index is 0.586. The Morgan fingerprint density at radius 2 is 0.855 bits per heavy atom. The molecule has 0 radical (unpaired) electrons. The van der Waals surface area contributed by atoms with Crippen LogP contribution in [-0.4, -0.2) is 9.97 Å². The fraction of sp³-hybridized carbons (Fsp3) is 0.0154. The van der Waals surface area contributed by atoms with E-state index in [9.17, 15) is 0 Å². The van der Waals surface area contributed by atoms with Gasteiger partial charge in [0.05, 0.1) is 16.8 Å². The number of para-hydroxylation sites is 1. The fourth-order valence-corrected chi connectivity index (χ4v) is 12.4. The smallest absolute Gasteiger partial charge is 0.160 e. The molecule has 0 N–H and O–H groups in total. The van der Waals surface area contributed by atoms with E-state index in [0.717, 1.165) is 61.2 Å². The van der Waals surface area contributed by atoms with Crippen LogP contribution in [-0.2, 0) is 5.41 Å². The van der Waals surface area contributed by atoms with Crippen molar-refractivity contribution in [3.63, 3.8) is 0 Å². The van der Waals surface area contributed by atoms with E-state index in [4.69, 9.17) is 18.8 Å². The quantitative estimate of drug-likeness (QED) is 0.165. The first kappa shape index (κ1) is 37.0. The SMILES string of the molecule is c1ccc(-c2cc(-c3ccc4c(c3)oc3ccccc34)nc(-c3ccc4c(c3)C3(c5ccccc5-c5ccccc53)c3cccc(-c5ccc6c(c5)c5cccc7oc8cccc6c8c75)c3-4)n2)cc1. The van der Waals surface area contributed by atoms with Crippen LogP contribution in [0, 0.1) is 0 Å². The molecule has 0 aliphatic heterocycles. The third-order valence-electron chi connectivity index (χ3n) is 15.3. The van der Waals surface area contributed by atoms with E-state index in [1.165, 1.54) is 88.0 Å². The van der Waals surface area contributed by atoms with Crippen molar-refractivity contribution >= 4 is 65.4 Å². The largest absolute Gasteiger partial charge is 0.456 e. The Hall–Kier alpha value is -9.12. The summed E-state index contributed by atoms with van der Waals surface area (Å²) in [5.41, 5.74) is 20.1. The van der Waals surface area contributed by atoms with Crippen LogP contribution in [0.1, 0.15) is 22.3 Å². The molecule has 0 saturated carbocycles. The van der Waals surface area contributed by atoms with Crippen LogP contribution in [0.15, 0.2) is 227 Å². The van der Waals surface area contributed by atoms with E-state index >= 15 is 0 Å². The van der Waals surface area contributed by atoms with Gasteiger partial charge in [0, 0.05) is 38.2 Å². The van der Waals surface area contributed by atoms with E-state index in [0.29, 0.717) is 5.82 Å². The second-order valence-electron chi connectivity index (χ2n) is 18.7. The Kier molecular flexibility index (Phi) is 7.24. The monoisotopic (exact) mass is 876 g/mol. The van der Waals surface area contributed by atoms with Crippen molar-refractivity contribution in [3.05, 3.63) is 241 Å². The van der Waals surface area contributed by atoms with Crippen molar-refractivity contribution in [2.45, 2.75) is 5.41 Å². The molecule has 0 amide bonds. The van der Waals surface area contributed by atoms with Gasteiger partial charge in [-0.2, -0.15) is 0 Å². The first-order chi connectivity index (χ1) is 34.2. The molecule has 4 nitrogen and oxygen atoms in total. The zero-order valence-corrected chi connectivity index (χ0v) is 37.0. The van der Waals surface area contributed by atoms with E-state index in [-0.39, 0.29) is 0 Å². The number of benzene rings is 11. The lowest BCUT2D eigenvalue weighted by Crippen LogP contribution is -2.26. The maximum atomic E-state index is 6.42. The number of rotatable bonds is 4. The van der Waals surface area contributed by atoms with Gasteiger partial charge in [0.15, 0.2) is 5.82 Å². The van der Waals surface area contributed by atoms with Crippen LogP contribution in [0.4, 0.5) is 0 Å². The lowest BCUT2D eigenvalue weighted by atomic mass is 9.70. The summed E-state index contributed by atoms with van der Waals surface area (Å²) in [6, 6.07) is 79.0. The molecule has 14 aromatic rings. The van der Waals surface area contributed by atoms with Crippen molar-refractivity contribution < 1.29 is 8.83 Å². The second-order valence-corrected chi connectivity index (χ2v) is 18.7. The van der Waals surface area contributed by atoms with Crippen molar-refractivity contribution in [1.82, 2.24) is 9.97 Å². The average Bonchev–Trinajstić information content (AvgIpc) is 4.16. The predicted molar refractivity (Wildman–Crippen MR) is 281 cm³/mol. The van der Waals surface area contributed by atoms with Crippen LogP contribution in [0.25, 0.3) is 133 Å². The first-order valence-corrected chi connectivity index (χ1v) is 23.6. The van der Waals surface area contributed by atoms with Gasteiger partial charge in [-0.05, 0) is 126 Å². The van der Waals surface area contributed by atoms with Gasteiger partial charge in [0.25, 0.3) is 0 Å². The van der Waals surface area contributed by atoms with Gasteiger partial charge < -0.3 is 8.83 Å². The summed E-state index contributed by atoms with van der Waals surface area (Å²) in [5.74, 6) is 0.669. The number of fused-ring (bicyclic) bond motifs is 16. The summed E-state index contributed by atoms with van der Waals surface area (Å²) in [7, 11) is 0. The van der Waals surface area contributed by atoms with Gasteiger partial charge in [-0.25, -0.2) is 9.97 Å². The molecule has 3 heterocycles. The van der Waals surface area contributed by atoms with Gasteiger partial charge in [0.1, 0.15) is 22.3 Å². The lowest BCUT2D eigenvalue weighted by Gasteiger charge is -2.30. The van der Waals surface area contributed by atoms with Crippen LogP contribution in [0.5, 0.6) is 0 Å². The van der Waals surface area contributed by atoms with Crippen LogP contribution < -0.4 is 0 Å². The molecule has 0 saturated heterocycles. The summed E-state index contributed by atoms with van der Waals surface area (Å²) in [6.07, 6.45) is 0. The lowest BCUT2D eigenvalue weighted by molar-refractivity contribution is 0.669. The first-order valence-electron chi connectivity index (χ1n) is 23.6. The summed E-state index contributed by atoms with van der Waals surface area (Å²) < 4.78 is 12.8. The highest BCUT2D eigenvalue weighted by Gasteiger charge is 2.52. The summed E-state index contributed by atoms with van der Waals surface area (Å²) in [5, 5.41) is 9.47. The topological polar surface area (TPSA) is 52.1 Å². The third kappa shape index (κ3) is 4.91. The number of hydrogen-bond acceptors (Lipinski definition) is 4. The van der Waals surface area contributed by atoms with Gasteiger partial charge in [-0.15, -0.1) is 0 Å². The van der Waals surface area contributed by atoms with Crippen LogP contribution >= 0.6 is 0 Å². The zero-order chi connectivity index (χ0) is 45.0. The molecule has 1 spiro atoms. The molecule has 69 heavy (non-hydrogen) atoms. The third-order valence-corrected chi connectivity index (χ3v) is 15.3. The summed E-state index contributed by atoms with van der Waals surface area (Å²) in [4.78, 5) is 10.8. The molecule has 2 aliphatic carbocycles. The molecule has 11 aromatic carbocycles. The molecule has 3 aromatic heterocycles. The number of nitrogens with zero attached hydrogens (tertiary/aromatic N) is 2. The van der Waals surface area contributed by atoms with Crippen molar-refractivity contribution in [2.75, 3.05) is 0 Å². The Labute approximate surface area is 395 Å². The molecule has 318 valence electrons. The van der Waals surface area contributed by atoms with E-state index in [1.54, 1.807) is 0 Å². The highest BCUT2D eigenvalue weighted by Crippen LogP contribution is 2.64. The maximum Gasteiger partial charge on any atom is 0.160 e. The minimum atomic E-state index is -0.586. The van der Waals surface area contributed by atoms with Gasteiger partial charge in [-0.3, -0.25) is 0 Å². The Balaban J connectivity index is 0.946. The predicted octanol–water partition coefficient (Wildman–Crippen LogP) is 17.0. The van der Waals surface area contributed by atoms with Crippen LogP contribution in [0.2, 0.25) is 0 Å². The van der Waals surface area contributed by atoms with E-state index in [2.05, 4.69) is 200 Å². The van der Waals surface area contributed by atoms with Gasteiger partial charge in [0.2, 0.25) is 0 Å². The number of hydrogen-bond donors (Lipinski definition) is 0. The summed E-state index contributed by atoms with van der Waals surface area (Å²) >= 11 is 0. The molecule has 16 rings (SSSR count). The molecule has 0 unspecified atom stereocenters. The normalized spacial score (nSPS) is 13.3. The molecule has 4 heteroatoms. The standard InChI is InChI=1S/C65H36N2O2/c1-2-13-37(14-3-1)55-36-56(39-28-31-46-45-17-6-9-24-57(45)68-60(46)35-39)67-64(66-55)40-29-32-49-54(34-40)65(51-21-7-4-15-43(51)44-16-5-8-22-52(44)65)53-23-10-18-41(61(49)53)38-27-30-42-47-19-11-25-58-62(47)63-48(50(42)33-38)20-12-26-59(63)69-58/h1-36H. The molecular formula is C65H36N2O2. The molecule has 0 fully saturated rings. The molecular weight excluding hydrogens is 841 g/mol. The number of aromatic nitrogens is 2. The van der Waals surface area contributed by atoms with Gasteiger partial charge >= 0.3 is 0 Å². The number of furan rings is 2. The Morgan fingerprint density at radius 1 is 0.290 bits per heavy atom. The van der Waals surface area contributed by atoms with E-state index < -0.39 is 5.41 Å². The zero-order valence-electron chi connectivity index (χ0n) is 37.0. The maximum absolute atomic E-state index is 6.42. The van der Waals surface area contributed by atoms with Crippen LogP contribution in [0.3, 0.4) is 0 Å². The molecule has 0 atom stereocenters. The van der Waals surface area contributed by atoms with Crippen molar-refractivity contribution in [1.29, 1.82) is 0 Å². The van der Waals surface area contributed by atoms with Crippen molar-refractivity contribution in [2.24, 2.45) is 0 Å². The van der Waals surface area contributed by atoms with E-state index in [1.807, 2.05) is 18.2 Å². The van der Waals surface area contributed by atoms with Crippen molar-refractivity contribution in [3.8, 4) is 67.3 Å². The molecule has 0 bridgehead atoms. The molecule has 2 aliphatic rings. The highest BCUT2D eigenvalue weighted by molar-refractivity contribution is 6.33. The minimum Gasteiger partial charge on any atom is -0.456 e. The second kappa shape index (κ2) is 13.5. The van der Waals surface area contributed by atoms with Gasteiger partial charge in [-0.1, -0.05) is 170 Å². The Morgan fingerprint density at radius 3 is 1.65 bits per heavy atom. The fourth-order valence-electron chi connectivity index (χ4n) is 12.4. The average molecular weight is 877 g/mol. The summed E-state index contributed by atoms with van der Waals surface area (Å²) in [6.45, 7) is 0.